The van der Waals surface area contributed by atoms with Gasteiger partial charge in [-0.15, -0.1) is 0 Å². The number of carbonyl (C=O) groups excluding carboxylic acids is 1. The average Bonchev–Trinajstić information content (AvgIpc) is 3.13. The molecule has 7 heteroatoms. The van der Waals surface area contributed by atoms with Crippen molar-refractivity contribution in [2.24, 2.45) is 0 Å². The Morgan fingerprint density at radius 3 is 2.44 bits per heavy atom. The number of ether oxygens (including phenoxy) is 1. The van der Waals surface area contributed by atoms with E-state index in [2.05, 4.69) is 4.90 Å². The summed E-state index contributed by atoms with van der Waals surface area (Å²) in [5, 5.41) is 0.442. The standard InChI is InChI=1S/C27H25ClF2N2O2/c1-18-13-19(14-23(28)25(18)22-8-7-20(29)15-24(22)30)16-31-11-9-27(10-12-31)17-32(26(33)34-27)21-5-3-2-4-6-21/h2-8,13-15H,9-12,16-17H2,1H3. The number of benzene rings is 3. The number of amides is 1. The molecule has 3 aromatic carbocycles. The summed E-state index contributed by atoms with van der Waals surface area (Å²) in [4.78, 5) is 16.5. The zero-order valence-corrected chi connectivity index (χ0v) is 19.6. The molecular weight excluding hydrogens is 458 g/mol. The van der Waals surface area contributed by atoms with E-state index in [9.17, 15) is 13.6 Å². The second-order valence-corrected chi connectivity index (χ2v) is 9.55. The van der Waals surface area contributed by atoms with Crippen LogP contribution in [-0.4, -0.2) is 36.2 Å². The molecular formula is C27H25ClF2N2O2. The third-order valence-electron chi connectivity index (χ3n) is 6.76. The highest BCUT2D eigenvalue weighted by Crippen LogP contribution is 2.37. The molecule has 0 atom stereocenters. The first-order valence-electron chi connectivity index (χ1n) is 11.4. The van der Waals surface area contributed by atoms with Crippen LogP contribution in [0.4, 0.5) is 19.3 Å². The molecule has 2 aliphatic heterocycles. The molecule has 0 aromatic heterocycles. The summed E-state index contributed by atoms with van der Waals surface area (Å²) in [5.74, 6) is -1.25. The normalized spacial score (nSPS) is 17.9. The van der Waals surface area contributed by atoms with E-state index in [-0.39, 0.29) is 6.09 Å². The predicted molar refractivity (Wildman–Crippen MR) is 129 cm³/mol. The first-order chi connectivity index (χ1) is 16.3. The number of carbonyl (C=O) groups is 1. The van der Waals surface area contributed by atoms with Crippen LogP contribution >= 0.6 is 11.6 Å². The minimum absolute atomic E-state index is 0.286. The molecule has 0 radical (unpaired) electrons. The average molecular weight is 483 g/mol. The monoisotopic (exact) mass is 482 g/mol. The molecule has 0 aliphatic carbocycles. The van der Waals surface area contributed by atoms with Gasteiger partial charge in [0.25, 0.3) is 0 Å². The lowest BCUT2D eigenvalue weighted by atomic mass is 9.90. The maximum absolute atomic E-state index is 14.3. The Hall–Kier alpha value is -2.96. The van der Waals surface area contributed by atoms with E-state index in [0.717, 1.165) is 48.8 Å². The van der Waals surface area contributed by atoms with Gasteiger partial charge in [0.1, 0.15) is 17.2 Å². The van der Waals surface area contributed by atoms with Crippen molar-refractivity contribution in [3.05, 3.63) is 88.4 Å². The second-order valence-electron chi connectivity index (χ2n) is 9.14. The van der Waals surface area contributed by atoms with Crippen molar-refractivity contribution < 1.29 is 18.3 Å². The third kappa shape index (κ3) is 4.40. The number of aryl methyl sites for hydroxylation is 1. The van der Waals surface area contributed by atoms with Crippen LogP contribution in [0.1, 0.15) is 24.0 Å². The molecule has 4 nitrogen and oxygen atoms in total. The molecule has 1 spiro atoms. The van der Waals surface area contributed by atoms with Crippen LogP contribution in [0, 0.1) is 18.6 Å². The number of para-hydroxylation sites is 1. The molecule has 2 saturated heterocycles. The zero-order valence-electron chi connectivity index (χ0n) is 18.9. The van der Waals surface area contributed by atoms with Crippen molar-refractivity contribution in [1.29, 1.82) is 0 Å². The van der Waals surface area contributed by atoms with Crippen molar-refractivity contribution in [1.82, 2.24) is 4.90 Å². The lowest BCUT2D eigenvalue weighted by Gasteiger charge is -2.37. The third-order valence-corrected chi connectivity index (χ3v) is 7.06. The molecule has 2 heterocycles. The van der Waals surface area contributed by atoms with Crippen LogP contribution in [0.2, 0.25) is 5.02 Å². The maximum atomic E-state index is 14.3. The summed E-state index contributed by atoms with van der Waals surface area (Å²) in [6, 6.07) is 17.0. The molecule has 34 heavy (non-hydrogen) atoms. The quantitative estimate of drug-likeness (QED) is 0.421. The number of rotatable bonds is 4. The topological polar surface area (TPSA) is 32.8 Å². The highest BCUT2D eigenvalue weighted by Gasteiger charge is 2.47. The highest BCUT2D eigenvalue weighted by atomic mass is 35.5. The van der Waals surface area contributed by atoms with Gasteiger partial charge in [-0.2, -0.15) is 0 Å². The van der Waals surface area contributed by atoms with E-state index in [1.165, 1.54) is 12.1 Å². The Morgan fingerprint density at radius 2 is 1.76 bits per heavy atom. The Labute approximate surface area is 202 Å². The van der Waals surface area contributed by atoms with Gasteiger partial charge in [0, 0.05) is 60.4 Å². The lowest BCUT2D eigenvalue weighted by Crippen LogP contribution is -2.46. The van der Waals surface area contributed by atoms with Crippen molar-refractivity contribution in [2.45, 2.75) is 31.9 Å². The first-order valence-corrected chi connectivity index (χ1v) is 11.7. The minimum Gasteiger partial charge on any atom is -0.441 e. The number of anilines is 1. The van der Waals surface area contributed by atoms with Crippen molar-refractivity contribution in [3.8, 4) is 11.1 Å². The van der Waals surface area contributed by atoms with E-state index >= 15 is 0 Å². The summed E-state index contributed by atoms with van der Waals surface area (Å²) < 4.78 is 33.5. The van der Waals surface area contributed by atoms with Crippen LogP contribution in [0.5, 0.6) is 0 Å². The van der Waals surface area contributed by atoms with Crippen LogP contribution in [0.25, 0.3) is 11.1 Å². The molecule has 5 rings (SSSR count). The van der Waals surface area contributed by atoms with Gasteiger partial charge in [-0.3, -0.25) is 9.80 Å². The Morgan fingerprint density at radius 1 is 1.03 bits per heavy atom. The molecule has 0 N–H and O–H groups in total. The van der Waals surface area contributed by atoms with Gasteiger partial charge in [0.2, 0.25) is 0 Å². The van der Waals surface area contributed by atoms with Crippen molar-refractivity contribution >= 4 is 23.4 Å². The molecule has 1 amide bonds. The smallest absolute Gasteiger partial charge is 0.415 e. The number of piperidine rings is 1. The lowest BCUT2D eigenvalue weighted by molar-refractivity contribution is -0.000975. The molecule has 2 fully saturated rings. The van der Waals surface area contributed by atoms with Gasteiger partial charge in [-0.1, -0.05) is 35.9 Å². The van der Waals surface area contributed by atoms with E-state index in [4.69, 9.17) is 16.3 Å². The largest absolute Gasteiger partial charge is 0.441 e. The van der Waals surface area contributed by atoms with Gasteiger partial charge in [-0.25, -0.2) is 13.6 Å². The summed E-state index contributed by atoms with van der Waals surface area (Å²) in [7, 11) is 0. The molecule has 0 bridgehead atoms. The number of halogens is 3. The summed E-state index contributed by atoms with van der Waals surface area (Å²) in [6.07, 6.45) is 1.23. The predicted octanol–water partition coefficient (Wildman–Crippen LogP) is 6.59. The molecule has 0 saturated carbocycles. The second kappa shape index (κ2) is 9.01. The van der Waals surface area contributed by atoms with Gasteiger partial charge < -0.3 is 4.74 Å². The van der Waals surface area contributed by atoms with E-state index < -0.39 is 17.2 Å². The van der Waals surface area contributed by atoms with Gasteiger partial charge in [0.05, 0.1) is 6.54 Å². The first kappa shape index (κ1) is 22.8. The van der Waals surface area contributed by atoms with Crippen LogP contribution < -0.4 is 4.90 Å². The Balaban J connectivity index is 1.26. The van der Waals surface area contributed by atoms with Crippen molar-refractivity contribution in [2.75, 3.05) is 24.5 Å². The van der Waals surface area contributed by atoms with E-state index in [1.807, 2.05) is 49.4 Å². The number of likely N-dealkylation sites (tertiary alicyclic amines) is 1. The van der Waals surface area contributed by atoms with Gasteiger partial charge in [-0.05, 0) is 48.4 Å². The maximum Gasteiger partial charge on any atom is 0.415 e. The molecule has 0 unspecified atom stereocenters. The van der Waals surface area contributed by atoms with Crippen LogP contribution in [0.3, 0.4) is 0 Å². The van der Waals surface area contributed by atoms with Gasteiger partial charge >= 0.3 is 6.09 Å². The fourth-order valence-corrected chi connectivity index (χ4v) is 5.40. The van der Waals surface area contributed by atoms with E-state index in [0.29, 0.717) is 29.2 Å². The summed E-state index contributed by atoms with van der Waals surface area (Å²) in [5.41, 5.74) is 3.14. The molecule has 2 aliphatic rings. The van der Waals surface area contributed by atoms with Crippen molar-refractivity contribution in [3.63, 3.8) is 0 Å². The number of hydrogen-bond donors (Lipinski definition) is 0. The summed E-state index contributed by atoms with van der Waals surface area (Å²) >= 11 is 6.55. The fourth-order valence-electron chi connectivity index (χ4n) is 5.01. The summed E-state index contributed by atoms with van der Waals surface area (Å²) in [6.45, 7) is 4.72. The fraction of sp³-hybridized carbons (Fsp3) is 0.296. The number of hydrogen-bond acceptors (Lipinski definition) is 3. The van der Waals surface area contributed by atoms with Crippen LogP contribution in [-0.2, 0) is 11.3 Å². The van der Waals surface area contributed by atoms with E-state index in [1.54, 1.807) is 4.90 Å². The number of nitrogens with zero attached hydrogens (tertiary/aromatic N) is 2. The van der Waals surface area contributed by atoms with Crippen LogP contribution in [0.15, 0.2) is 60.7 Å². The highest BCUT2D eigenvalue weighted by molar-refractivity contribution is 6.33. The molecule has 3 aromatic rings. The Kier molecular flexibility index (Phi) is 6.04. The van der Waals surface area contributed by atoms with Gasteiger partial charge in [0.15, 0.2) is 0 Å². The minimum atomic E-state index is -0.630. The Bertz CT molecular complexity index is 1200. The zero-order chi connectivity index (χ0) is 23.9. The molecule has 176 valence electrons. The SMILES string of the molecule is Cc1cc(CN2CCC3(CC2)CN(c2ccccc2)C(=O)O3)cc(Cl)c1-c1ccc(F)cc1F.